The zero-order valence-corrected chi connectivity index (χ0v) is 48.4. The summed E-state index contributed by atoms with van der Waals surface area (Å²) < 4.78 is 39.8. The van der Waals surface area contributed by atoms with Crippen LogP contribution in [0.5, 0.6) is 17.2 Å². The van der Waals surface area contributed by atoms with E-state index < -0.39 is 12.8 Å². The molecule has 79 heavy (non-hydrogen) atoms. The Kier molecular flexibility index (Phi) is 23.2. The van der Waals surface area contributed by atoms with Crippen LogP contribution in [0, 0.1) is 11.3 Å². The molecule has 15 heteroatoms. The van der Waals surface area contributed by atoms with Gasteiger partial charge in [0.25, 0.3) is 0 Å². The fraction of sp³-hybridized carbons (Fsp3) is 0.438. The molecule has 1 aliphatic rings. The summed E-state index contributed by atoms with van der Waals surface area (Å²) in [6.45, 7) is 16.3. The van der Waals surface area contributed by atoms with Crippen molar-refractivity contribution in [1.29, 1.82) is 5.26 Å². The van der Waals surface area contributed by atoms with E-state index in [1.54, 1.807) is 14.2 Å². The Balaban J connectivity index is 1.13. The molecule has 424 valence electrons. The summed E-state index contributed by atoms with van der Waals surface area (Å²) in [7, 11) is -1.04. The maximum Gasteiger partial charge on any atom is 0.118 e. The van der Waals surface area contributed by atoms with Crippen LogP contribution in [0.4, 0.5) is 0 Å². The van der Waals surface area contributed by atoms with Gasteiger partial charge in [-0.25, -0.2) is 0 Å². The second kappa shape index (κ2) is 30.1. The predicted molar refractivity (Wildman–Crippen MR) is 315 cm³/mol. The second-order valence-electron chi connectivity index (χ2n) is 21.1. The van der Waals surface area contributed by atoms with Crippen LogP contribution < -0.4 is 14.2 Å². The zero-order valence-electron chi connectivity index (χ0n) is 47.5. The molecule has 0 radical (unpaired) electrons. The molecule has 5 aromatic carbocycles. The van der Waals surface area contributed by atoms with Crippen LogP contribution in [-0.4, -0.2) is 145 Å². The molecule has 0 aliphatic carbocycles. The molecule has 1 aliphatic heterocycles. The molecule has 0 unspecified atom stereocenters. The molecule has 2 bridgehead atoms. The molecule has 7 rings (SSSR count). The van der Waals surface area contributed by atoms with Gasteiger partial charge in [0.1, 0.15) is 29.5 Å². The van der Waals surface area contributed by atoms with Crippen molar-refractivity contribution in [2.75, 3.05) is 98.9 Å². The molecule has 6 aromatic rings. The van der Waals surface area contributed by atoms with E-state index in [1.807, 2.05) is 87.0 Å². The van der Waals surface area contributed by atoms with Crippen LogP contribution in [0.3, 0.4) is 0 Å². The van der Waals surface area contributed by atoms with Crippen molar-refractivity contribution < 1.29 is 38.2 Å². The van der Waals surface area contributed by atoms with Crippen LogP contribution in [0.15, 0.2) is 152 Å². The van der Waals surface area contributed by atoms with E-state index in [9.17, 15) is 15.0 Å². The first-order valence-corrected chi connectivity index (χ1v) is 30.5. The predicted octanol–water partition coefficient (Wildman–Crippen LogP) is 10.5. The normalized spacial score (nSPS) is 15.7. The minimum Gasteiger partial charge on any atom is -0.497 e. The van der Waals surface area contributed by atoms with Crippen LogP contribution in [0.1, 0.15) is 79.7 Å². The van der Waals surface area contributed by atoms with Crippen molar-refractivity contribution in [1.82, 2.24) is 24.4 Å². The molecule has 2 heterocycles. The Labute approximate surface area is 470 Å². The molecular weight excluding hydrogens is 1010 g/mol. The number of pyridine rings is 1. The zero-order chi connectivity index (χ0) is 56.0. The molecule has 0 atom stereocenters. The molecule has 14 nitrogen and oxygen atoms in total. The molecule has 0 amide bonds. The molecular formula is C64H85N6O8P. The fourth-order valence-electron chi connectivity index (χ4n) is 11.1. The first-order chi connectivity index (χ1) is 38.3. The first kappa shape index (κ1) is 60.8. The number of ether oxygens (including phenoxy) is 6. The van der Waals surface area contributed by atoms with Gasteiger partial charge in [-0.1, -0.05) is 115 Å². The summed E-state index contributed by atoms with van der Waals surface area (Å²) in [4.78, 5) is 36.9. The Morgan fingerprint density at radius 1 is 0.595 bits per heavy atom. The number of hydrogen-bond acceptors (Lipinski definition) is 14. The van der Waals surface area contributed by atoms with Gasteiger partial charge in [-0.3, -0.25) is 4.98 Å². The first-order valence-electron chi connectivity index (χ1n) is 28.0. The van der Waals surface area contributed by atoms with Crippen LogP contribution in [0.2, 0.25) is 0 Å². The van der Waals surface area contributed by atoms with Gasteiger partial charge >= 0.3 is 230 Å². The smallest absolute Gasteiger partial charge is 0.118 e. The largest absolute Gasteiger partial charge is 0.497 e. The third-order valence-electron chi connectivity index (χ3n) is 14.6. The Morgan fingerprint density at radius 3 is 1.48 bits per heavy atom. The summed E-state index contributed by atoms with van der Waals surface area (Å²) in [5.41, 5.74) is 6.03. The van der Waals surface area contributed by atoms with E-state index in [0.717, 1.165) is 39.6 Å². The van der Waals surface area contributed by atoms with Crippen LogP contribution in [0.25, 0.3) is 0 Å². The summed E-state index contributed by atoms with van der Waals surface area (Å²) in [6, 6.07) is 53.5. The van der Waals surface area contributed by atoms with E-state index >= 15 is 0 Å². The van der Waals surface area contributed by atoms with Gasteiger partial charge in [-0.05, 0) is 41.0 Å². The second-order valence-corrected chi connectivity index (χ2v) is 25.1. The standard InChI is InChI=1S/C64H85N6O8P/c1-52(2)70(53(3)4)79(71,72,44-16-32-65)45-17-33-67-34-38-75-40-36-68(48-54-18-10-7-11-19-54)50-59-46-63(47-60(66-59)51-69(37-41-76-39-35-67)49-55-20-12-8-13-21-55)77-42-43-78-64(56-22-14-9-15-23-56,57-24-28-61(73-5)29-25-57)58-26-30-62(74-6)31-27-58/h7-15,18-31,46-47,52-53,71-72H,16-17,33-45,48-51H2,1-6H3. The van der Waals surface area contributed by atoms with E-state index in [4.69, 9.17) is 33.4 Å². The SMILES string of the molecule is COc1ccc(C(OCCOc2cc3nc(c2)CN(Cc2ccccc2)CCOCCN(CCCP(O)(O)(CCC#N)N(C(C)C)C(C)C)CCOCCN(Cc2ccccc2)C3)(c2ccccc2)c2ccc(OC)cc2)cc1. The number of benzene rings is 5. The third kappa shape index (κ3) is 17.6. The average molecular weight is 1100 g/mol. The molecule has 1 aromatic heterocycles. The van der Waals surface area contributed by atoms with Gasteiger partial charge in [0.15, 0.2) is 0 Å². The average Bonchev–Trinajstić information content (AvgIpc) is 3.56. The summed E-state index contributed by atoms with van der Waals surface area (Å²) in [6.07, 6.45) is 0.951. The monoisotopic (exact) mass is 1100 g/mol. The Morgan fingerprint density at radius 2 is 1.04 bits per heavy atom. The minimum absolute atomic E-state index is 0.0694. The van der Waals surface area contributed by atoms with Crippen molar-refractivity contribution in [3.05, 3.63) is 191 Å². The Bertz CT molecular complexity index is 2610. The van der Waals surface area contributed by atoms with Crippen molar-refractivity contribution in [3.63, 3.8) is 0 Å². The van der Waals surface area contributed by atoms with Crippen molar-refractivity contribution in [2.45, 2.75) is 84.4 Å². The van der Waals surface area contributed by atoms with Gasteiger partial charge in [-0.15, -0.1) is 0 Å². The molecule has 0 saturated heterocycles. The van der Waals surface area contributed by atoms with E-state index in [2.05, 4.69) is 118 Å². The fourth-order valence-corrected chi connectivity index (χ4v) is 15.2. The van der Waals surface area contributed by atoms with Crippen LogP contribution in [-0.2, 0) is 46.0 Å². The van der Waals surface area contributed by atoms with E-state index in [-0.39, 0.29) is 44.0 Å². The van der Waals surface area contributed by atoms with Gasteiger partial charge in [0.05, 0.1) is 20.8 Å². The van der Waals surface area contributed by atoms with Gasteiger partial charge < -0.3 is 18.9 Å². The van der Waals surface area contributed by atoms with Gasteiger partial charge in [0.2, 0.25) is 0 Å². The topological polar surface area (TPSA) is 145 Å². The number of fused-ring (bicyclic) bond motifs is 2. The molecule has 0 saturated carbocycles. The summed E-state index contributed by atoms with van der Waals surface area (Å²) in [5, 5.41) is 9.54. The van der Waals surface area contributed by atoms with Crippen molar-refractivity contribution in [3.8, 4) is 23.3 Å². The number of aromatic nitrogens is 1. The quantitative estimate of drug-likeness (QED) is 0.0357. The van der Waals surface area contributed by atoms with E-state index in [1.165, 1.54) is 11.1 Å². The van der Waals surface area contributed by atoms with Crippen molar-refractivity contribution >= 4 is 7.21 Å². The number of hydrogen-bond donors (Lipinski definition) is 2. The van der Waals surface area contributed by atoms with Crippen molar-refractivity contribution in [2.24, 2.45) is 0 Å². The maximum absolute atomic E-state index is 12.2. The Hall–Kier alpha value is -5.79. The van der Waals surface area contributed by atoms with Gasteiger partial charge in [0, 0.05) is 12.1 Å². The number of rotatable bonds is 23. The maximum atomic E-state index is 12.2. The summed E-state index contributed by atoms with van der Waals surface area (Å²) in [5.74, 6) is 2.22. The third-order valence-corrected chi connectivity index (χ3v) is 19.0. The van der Waals surface area contributed by atoms with E-state index in [0.29, 0.717) is 97.5 Å². The van der Waals surface area contributed by atoms with Crippen LogP contribution >= 0.6 is 7.21 Å². The number of methoxy groups -OCH3 is 2. The molecule has 0 spiro atoms. The molecule has 0 fully saturated rings. The number of nitrogens with zero attached hydrogens (tertiary/aromatic N) is 6. The minimum atomic E-state index is -4.38. The summed E-state index contributed by atoms with van der Waals surface area (Å²) >= 11 is 0. The van der Waals surface area contributed by atoms with Gasteiger partial charge in [-0.2, -0.15) is 0 Å². The molecule has 2 N–H and O–H groups in total. The number of nitriles is 1.